The number of aromatic carboxylic acids is 1. The number of aliphatic hydroxyl groups is 1. The van der Waals surface area contributed by atoms with Gasteiger partial charge in [-0.3, -0.25) is 0 Å². The standard InChI is InChI=1S/C14H17BrN2O4/c15-11-2-1-10(13(19)20)7-12(11)16-14(21)17-5-3-9(8-18)4-6-17/h1-2,7,9,18H,3-6,8H2,(H,16,21)(H,19,20). The van der Waals surface area contributed by atoms with Crippen LogP contribution in [-0.4, -0.2) is 46.8 Å². The number of halogens is 1. The first-order valence-electron chi connectivity index (χ1n) is 6.71. The van der Waals surface area contributed by atoms with Crippen molar-refractivity contribution < 1.29 is 19.8 Å². The Bertz CT molecular complexity index is 542. The van der Waals surface area contributed by atoms with Gasteiger partial charge in [-0.05, 0) is 52.9 Å². The lowest BCUT2D eigenvalue weighted by atomic mass is 9.98. The fourth-order valence-electron chi connectivity index (χ4n) is 2.27. The number of carboxylic acids is 1. The van der Waals surface area contributed by atoms with Gasteiger partial charge in [-0.1, -0.05) is 0 Å². The Hall–Kier alpha value is -1.60. The highest BCUT2D eigenvalue weighted by molar-refractivity contribution is 9.10. The fraction of sp³-hybridized carbons (Fsp3) is 0.429. The van der Waals surface area contributed by atoms with Gasteiger partial charge in [0, 0.05) is 24.2 Å². The van der Waals surface area contributed by atoms with Gasteiger partial charge in [0.15, 0.2) is 0 Å². The Morgan fingerprint density at radius 2 is 2.00 bits per heavy atom. The number of aliphatic hydroxyl groups excluding tert-OH is 1. The largest absolute Gasteiger partial charge is 0.478 e. The summed E-state index contributed by atoms with van der Waals surface area (Å²) < 4.78 is 0.631. The molecule has 1 heterocycles. The van der Waals surface area contributed by atoms with Crippen molar-refractivity contribution in [3.8, 4) is 0 Å². The van der Waals surface area contributed by atoms with Crippen LogP contribution in [0.5, 0.6) is 0 Å². The first-order valence-corrected chi connectivity index (χ1v) is 7.50. The summed E-state index contributed by atoms with van der Waals surface area (Å²) in [6, 6.07) is 4.23. The van der Waals surface area contributed by atoms with E-state index < -0.39 is 5.97 Å². The van der Waals surface area contributed by atoms with E-state index in [1.807, 2.05) is 0 Å². The first kappa shape index (κ1) is 15.8. The summed E-state index contributed by atoms with van der Waals surface area (Å²) in [6.45, 7) is 1.34. The van der Waals surface area contributed by atoms with Crippen molar-refractivity contribution >= 4 is 33.6 Å². The van der Waals surface area contributed by atoms with Gasteiger partial charge >= 0.3 is 12.0 Å². The van der Waals surface area contributed by atoms with Crippen molar-refractivity contribution in [3.05, 3.63) is 28.2 Å². The normalized spacial score (nSPS) is 15.8. The Labute approximate surface area is 130 Å². The van der Waals surface area contributed by atoms with E-state index in [0.29, 0.717) is 23.2 Å². The third-order valence-electron chi connectivity index (χ3n) is 3.61. The molecule has 1 saturated heterocycles. The number of urea groups is 1. The molecule has 0 unspecified atom stereocenters. The molecular weight excluding hydrogens is 340 g/mol. The van der Waals surface area contributed by atoms with E-state index >= 15 is 0 Å². The van der Waals surface area contributed by atoms with Gasteiger partial charge in [-0.2, -0.15) is 0 Å². The predicted octanol–water partition coefficient (Wildman–Crippen LogP) is 2.38. The number of nitrogens with zero attached hydrogens (tertiary/aromatic N) is 1. The zero-order chi connectivity index (χ0) is 15.4. The maximum Gasteiger partial charge on any atom is 0.335 e. The molecule has 2 rings (SSSR count). The zero-order valence-corrected chi connectivity index (χ0v) is 13.0. The highest BCUT2D eigenvalue weighted by Gasteiger charge is 2.22. The van der Waals surface area contributed by atoms with Crippen LogP contribution in [0.1, 0.15) is 23.2 Å². The third kappa shape index (κ3) is 3.95. The molecule has 1 aliphatic heterocycles. The maximum atomic E-state index is 12.2. The molecule has 1 aromatic rings. The Balaban J connectivity index is 2.03. The first-order chi connectivity index (χ1) is 10.0. The molecule has 1 aliphatic rings. The minimum absolute atomic E-state index is 0.118. The van der Waals surface area contributed by atoms with Crippen LogP contribution in [0.25, 0.3) is 0 Å². The molecule has 0 saturated carbocycles. The SMILES string of the molecule is O=C(O)c1ccc(Br)c(NC(=O)N2CCC(CO)CC2)c1. The number of rotatable bonds is 3. The molecule has 0 atom stereocenters. The van der Waals surface area contributed by atoms with Gasteiger partial charge in [0.25, 0.3) is 0 Å². The average Bonchev–Trinajstić information content (AvgIpc) is 2.49. The van der Waals surface area contributed by atoms with Gasteiger partial charge in [0.05, 0.1) is 11.3 Å². The number of hydrogen-bond acceptors (Lipinski definition) is 3. The van der Waals surface area contributed by atoms with Crippen LogP contribution in [0.15, 0.2) is 22.7 Å². The van der Waals surface area contributed by atoms with Crippen molar-refractivity contribution in [2.45, 2.75) is 12.8 Å². The average molecular weight is 357 g/mol. The second kappa shape index (κ2) is 6.91. The Morgan fingerprint density at radius 1 is 1.33 bits per heavy atom. The van der Waals surface area contributed by atoms with E-state index in [0.717, 1.165) is 12.8 Å². The molecule has 0 bridgehead atoms. The molecule has 0 radical (unpaired) electrons. The molecule has 1 fully saturated rings. The summed E-state index contributed by atoms with van der Waals surface area (Å²) in [6.07, 6.45) is 1.56. The molecule has 114 valence electrons. The van der Waals surface area contributed by atoms with Crippen molar-refractivity contribution in [3.63, 3.8) is 0 Å². The molecule has 0 aromatic heterocycles. The zero-order valence-electron chi connectivity index (χ0n) is 11.4. The number of likely N-dealkylation sites (tertiary alicyclic amines) is 1. The van der Waals surface area contributed by atoms with E-state index in [-0.39, 0.29) is 24.1 Å². The van der Waals surface area contributed by atoms with Crippen molar-refractivity contribution in [2.24, 2.45) is 5.92 Å². The maximum absolute atomic E-state index is 12.2. The van der Waals surface area contributed by atoms with E-state index in [4.69, 9.17) is 10.2 Å². The van der Waals surface area contributed by atoms with Crippen LogP contribution in [0, 0.1) is 5.92 Å². The van der Waals surface area contributed by atoms with E-state index in [1.165, 1.54) is 12.1 Å². The number of nitrogens with one attached hydrogen (secondary N) is 1. The molecule has 0 aliphatic carbocycles. The van der Waals surface area contributed by atoms with Crippen LogP contribution < -0.4 is 5.32 Å². The van der Waals surface area contributed by atoms with Crippen LogP contribution in [0.4, 0.5) is 10.5 Å². The van der Waals surface area contributed by atoms with Crippen LogP contribution in [-0.2, 0) is 0 Å². The Morgan fingerprint density at radius 3 is 2.57 bits per heavy atom. The lowest BCUT2D eigenvalue weighted by Gasteiger charge is -2.31. The number of hydrogen-bond donors (Lipinski definition) is 3. The van der Waals surface area contributed by atoms with E-state index in [2.05, 4.69) is 21.2 Å². The number of anilines is 1. The summed E-state index contributed by atoms with van der Waals surface area (Å²) in [4.78, 5) is 24.8. The van der Waals surface area contributed by atoms with Gasteiger partial charge in [-0.25, -0.2) is 9.59 Å². The van der Waals surface area contributed by atoms with E-state index in [1.54, 1.807) is 11.0 Å². The molecule has 0 spiro atoms. The molecule has 3 N–H and O–H groups in total. The highest BCUT2D eigenvalue weighted by atomic mass is 79.9. The van der Waals surface area contributed by atoms with Crippen molar-refractivity contribution in [1.29, 1.82) is 0 Å². The lowest BCUT2D eigenvalue weighted by Crippen LogP contribution is -2.41. The second-order valence-corrected chi connectivity index (χ2v) is 5.90. The molecule has 2 amide bonds. The number of piperidine rings is 1. The van der Waals surface area contributed by atoms with Crippen molar-refractivity contribution in [2.75, 3.05) is 25.0 Å². The van der Waals surface area contributed by atoms with Crippen LogP contribution in [0.2, 0.25) is 0 Å². The number of carbonyl (C=O) groups is 2. The minimum atomic E-state index is -1.04. The molecular formula is C14H17BrN2O4. The summed E-state index contributed by atoms with van der Waals surface area (Å²) in [5, 5.41) is 20.8. The van der Waals surface area contributed by atoms with Crippen molar-refractivity contribution in [1.82, 2.24) is 4.90 Å². The molecule has 7 heteroatoms. The van der Waals surface area contributed by atoms with Gasteiger partial charge in [-0.15, -0.1) is 0 Å². The Kier molecular flexibility index (Phi) is 5.19. The third-order valence-corrected chi connectivity index (χ3v) is 4.31. The van der Waals surface area contributed by atoms with E-state index in [9.17, 15) is 9.59 Å². The topological polar surface area (TPSA) is 89.9 Å². The summed E-state index contributed by atoms with van der Waals surface area (Å²) >= 11 is 3.29. The predicted molar refractivity (Wildman–Crippen MR) is 81.5 cm³/mol. The summed E-state index contributed by atoms with van der Waals surface area (Å²) in [5.41, 5.74) is 0.552. The number of carboxylic acid groups (broad SMARTS) is 1. The number of carbonyl (C=O) groups excluding carboxylic acids is 1. The minimum Gasteiger partial charge on any atom is -0.478 e. The van der Waals surface area contributed by atoms with Gasteiger partial charge in [0.1, 0.15) is 0 Å². The highest BCUT2D eigenvalue weighted by Crippen LogP contribution is 2.25. The quantitative estimate of drug-likeness (QED) is 0.775. The summed E-state index contributed by atoms with van der Waals surface area (Å²) in [5.74, 6) is -0.780. The van der Waals surface area contributed by atoms with Crippen LogP contribution >= 0.6 is 15.9 Å². The fourth-order valence-corrected chi connectivity index (χ4v) is 2.61. The monoisotopic (exact) mass is 356 g/mol. The molecule has 6 nitrogen and oxygen atoms in total. The lowest BCUT2D eigenvalue weighted by molar-refractivity contribution is 0.0697. The summed E-state index contributed by atoms with van der Waals surface area (Å²) in [7, 11) is 0. The smallest absolute Gasteiger partial charge is 0.335 e. The molecule has 21 heavy (non-hydrogen) atoms. The van der Waals surface area contributed by atoms with Gasteiger partial charge < -0.3 is 20.4 Å². The van der Waals surface area contributed by atoms with Crippen LogP contribution in [0.3, 0.4) is 0 Å². The number of amides is 2. The number of benzene rings is 1. The van der Waals surface area contributed by atoms with Gasteiger partial charge in [0.2, 0.25) is 0 Å². The molecule has 1 aromatic carbocycles. The second-order valence-electron chi connectivity index (χ2n) is 5.04.